The monoisotopic (exact) mass is 228 g/mol. The summed E-state index contributed by atoms with van der Waals surface area (Å²) in [6.45, 7) is -0.417. The maximum atomic E-state index is 12.3. The predicted molar refractivity (Wildman–Crippen MR) is 50.8 cm³/mol. The molecule has 5 heteroatoms. The Balaban J connectivity index is 3.22. The average molecular weight is 228 g/mol. The Morgan fingerprint density at radius 3 is 2.56 bits per heavy atom. The lowest BCUT2D eigenvalue weighted by atomic mass is 10.0. The van der Waals surface area contributed by atoms with Gasteiger partial charge in [-0.3, -0.25) is 4.79 Å². The van der Waals surface area contributed by atoms with E-state index in [-0.39, 0.29) is 11.1 Å². The highest BCUT2D eigenvalue weighted by molar-refractivity contribution is 5.79. The molecule has 0 fully saturated rings. The lowest BCUT2D eigenvalue weighted by Gasteiger charge is -2.07. The van der Waals surface area contributed by atoms with Gasteiger partial charge in [0, 0.05) is 11.1 Å². The fraction of sp³-hybridized carbons (Fsp3) is 0.182. The number of aliphatic hydroxyl groups excluding tert-OH is 1. The van der Waals surface area contributed by atoms with Crippen LogP contribution in [0.2, 0.25) is 0 Å². The molecular weight excluding hydrogens is 221 g/mol. The number of carbonyl (C=O) groups is 1. The van der Waals surface area contributed by atoms with Gasteiger partial charge in [-0.05, 0) is 18.2 Å². The van der Waals surface area contributed by atoms with Crippen LogP contribution in [0.1, 0.15) is 21.5 Å². The van der Waals surface area contributed by atoms with Crippen LogP contribution in [0.15, 0.2) is 18.2 Å². The molecule has 0 bridgehead atoms. The summed E-state index contributed by atoms with van der Waals surface area (Å²) in [5.41, 5.74) is -0.878. The number of carbonyl (C=O) groups excluding carboxylic acids is 1. The molecule has 0 heterocycles. The average Bonchev–Trinajstić information content (AvgIpc) is 2.24. The topological polar surface area (TPSA) is 37.3 Å². The molecule has 16 heavy (non-hydrogen) atoms. The summed E-state index contributed by atoms with van der Waals surface area (Å²) in [6, 6.07) is 2.68. The van der Waals surface area contributed by atoms with Crippen molar-refractivity contribution in [2.45, 2.75) is 6.18 Å². The molecule has 0 aliphatic heterocycles. The molecule has 0 saturated carbocycles. The standard InChI is InChI=1S/C11H7F3O2/c12-11(13,14)10-4-3-8(2-1-5-15)9(6-10)7-16/h3-4,6-7,15H,5H2. The van der Waals surface area contributed by atoms with Crippen molar-refractivity contribution in [3.8, 4) is 11.8 Å². The fourth-order valence-corrected chi connectivity index (χ4v) is 1.09. The molecule has 0 amide bonds. The fourth-order valence-electron chi connectivity index (χ4n) is 1.09. The molecule has 84 valence electrons. The van der Waals surface area contributed by atoms with E-state index in [9.17, 15) is 18.0 Å². The number of halogens is 3. The zero-order chi connectivity index (χ0) is 12.2. The lowest BCUT2D eigenvalue weighted by molar-refractivity contribution is -0.137. The molecule has 0 radical (unpaired) electrons. The molecule has 1 rings (SSSR count). The second-order valence-electron chi connectivity index (χ2n) is 2.88. The summed E-state index contributed by atoms with van der Waals surface area (Å²) in [5, 5.41) is 8.43. The molecule has 1 N–H and O–H groups in total. The molecular formula is C11H7F3O2. The number of benzene rings is 1. The van der Waals surface area contributed by atoms with E-state index < -0.39 is 18.3 Å². The first kappa shape index (κ1) is 12.3. The molecule has 0 saturated heterocycles. The van der Waals surface area contributed by atoms with E-state index in [4.69, 9.17) is 5.11 Å². The zero-order valence-electron chi connectivity index (χ0n) is 8.01. The zero-order valence-corrected chi connectivity index (χ0v) is 8.01. The highest BCUT2D eigenvalue weighted by Crippen LogP contribution is 2.30. The molecule has 1 aromatic carbocycles. The van der Waals surface area contributed by atoms with Gasteiger partial charge in [0.1, 0.15) is 6.61 Å². The van der Waals surface area contributed by atoms with E-state index in [1.807, 2.05) is 0 Å². The Kier molecular flexibility index (Phi) is 3.69. The lowest BCUT2D eigenvalue weighted by Crippen LogP contribution is -2.06. The van der Waals surface area contributed by atoms with Crippen LogP contribution >= 0.6 is 0 Å². The summed E-state index contributed by atoms with van der Waals surface area (Å²) in [5.74, 6) is 4.66. The van der Waals surface area contributed by atoms with Crippen molar-refractivity contribution in [1.82, 2.24) is 0 Å². The molecule has 1 aromatic rings. The van der Waals surface area contributed by atoms with E-state index in [1.54, 1.807) is 0 Å². The minimum absolute atomic E-state index is 0.143. The third kappa shape index (κ3) is 2.84. The summed E-state index contributed by atoms with van der Waals surface area (Å²) in [4.78, 5) is 10.6. The number of alkyl halides is 3. The third-order valence-corrected chi connectivity index (χ3v) is 1.81. The van der Waals surface area contributed by atoms with E-state index in [1.165, 1.54) is 0 Å². The van der Waals surface area contributed by atoms with Crippen LogP contribution in [-0.4, -0.2) is 18.0 Å². The minimum Gasteiger partial charge on any atom is -0.384 e. The van der Waals surface area contributed by atoms with Crippen molar-refractivity contribution in [3.63, 3.8) is 0 Å². The van der Waals surface area contributed by atoms with Crippen LogP contribution in [0.5, 0.6) is 0 Å². The first-order valence-corrected chi connectivity index (χ1v) is 4.25. The van der Waals surface area contributed by atoms with Gasteiger partial charge in [-0.1, -0.05) is 11.8 Å². The van der Waals surface area contributed by atoms with Gasteiger partial charge in [-0.15, -0.1) is 0 Å². The van der Waals surface area contributed by atoms with E-state index in [2.05, 4.69) is 11.8 Å². The van der Waals surface area contributed by atoms with Crippen molar-refractivity contribution in [2.24, 2.45) is 0 Å². The van der Waals surface area contributed by atoms with Crippen molar-refractivity contribution >= 4 is 6.29 Å². The molecule has 0 aromatic heterocycles. The molecule has 2 nitrogen and oxygen atoms in total. The molecule has 0 unspecified atom stereocenters. The van der Waals surface area contributed by atoms with Gasteiger partial charge in [0.2, 0.25) is 0 Å². The summed E-state index contributed by atoms with van der Waals surface area (Å²) < 4.78 is 36.9. The Morgan fingerprint density at radius 1 is 1.38 bits per heavy atom. The molecule has 0 aliphatic carbocycles. The van der Waals surface area contributed by atoms with E-state index in [0.29, 0.717) is 6.29 Å². The number of hydrogen-bond acceptors (Lipinski definition) is 2. The van der Waals surface area contributed by atoms with Crippen LogP contribution < -0.4 is 0 Å². The summed E-state index contributed by atoms with van der Waals surface area (Å²) >= 11 is 0. The Bertz CT molecular complexity index is 453. The highest BCUT2D eigenvalue weighted by atomic mass is 19.4. The van der Waals surface area contributed by atoms with Gasteiger partial charge < -0.3 is 5.11 Å². The van der Waals surface area contributed by atoms with Crippen LogP contribution in [0.25, 0.3) is 0 Å². The van der Waals surface area contributed by atoms with Gasteiger partial charge in [0.05, 0.1) is 5.56 Å². The Hall–Kier alpha value is -1.80. The number of aliphatic hydroxyl groups is 1. The molecule has 0 spiro atoms. The summed E-state index contributed by atoms with van der Waals surface area (Å²) in [7, 11) is 0. The van der Waals surface area contributed by atoms with E-state index >= 15 is 0 Å². The van der Waals surface area contributed by atoms with Crippen LogP contribution in [0.3, 0.4) is 0 Å². The summed E-state index contributed by atoms with van der Waals surface area (Å²) in [6.07, 6.45) is -4.18. The van der Waals surface area contributed by atoms with E-state index in [0.717, 1.165) is 18.2 Å². The second kappa shape index (κ2) is 4.81. The normalized spacial score (nSPS) is 10.5. The van der Waals surface area contributed by atoms with Crippen LogP contribution in [0, 0.1) is 11.8 Å². The molecule has 0 atom stereocenters. The van der Waals surface area contributed by atoms with Crippen LogP contribution in [-0.2, 0) is 6.18 Å². The maximum Gasteiger partial charge on any atom is 0.416 e. The maximum absolute atomic E-state index is 12.3. The Labute approximate surface area is 89.7 Å². The van der Waals surface area contributed by atoms with Gasteiger partial charge in [-0.25, -0.2) is 0 Å². The highest BCUT2D eigenvalue weighted by Gasteiger charge is 2.30. The number of hydrogen-bond donors (Lipinski definition) is 1. The van der Waals surface area contributed by atoms with Gasteiger partial charge in [-0.2, -0.15) is 13.2 Å². The van der Waals surface area contributed by atoms with Crippen molar-refractivity contribution in [1.29, 1.82) is 0 Å². The molecule has 0 aliphatic rings. The van der Waals surface area contributed by atoms with Gasteiger partial charge in [0.15, 0.2) is 6.29 Å². The predicted octanol–water partition coefficient (Wildman–Crippen LogP) is 1.86. The van der Waals surface area contributed by atoms with Gasteiger partial charge in [0.25, 0.3) is 0 Å². The van der Waals surface area contributed by atoms with Crippen molar-refractivity contribution in [3.05, 3.63) is 34.9 Å². The minimum atomic E-state index is -4.49. The van der Waals surface area contributed by atoms with Crippen LogP contribution in [0.4, 0.5) is 13.2 Å². The quantitative estimate of drug-likeness (QED) is 0.588. The van der Waals surface area contributed by atoms with Gasteiger partial charge >= 0.3 is 6.18 Å². The second-order valence-corrected chi connectivity index (χ2v) is 2.88. The third-order valence-electron chi connectivity index (χ3n) is 1.81. The first-order valence-electron chi connectivity index (χ1n) is 4.25. The number of rotatable bonds is 1. The van der Waals surface area contributed by atoms with Crippen molar-refractivity contribution in [2.75, 3.05) is 6.61 Å². The number of aldehydes is 1. The Morgan fingerprint density at radius 2 is 2.06 bits per heavy atom. The van der Waals surface area contributed by atoms with Crippen molar-refractivity contribution < 1.29 is 23.1 Å². The smallest absolute Gasteiger partial charge is 0.384 e. The first-order chi connectivity index (χ1) is 7.49. The largest absolute Gasteiger partial charge is 0.416 e. The SMILES string of the molecule is O=Cc1cc(C(F)(F)F)ccc1C#CCO.